The van der Waals surface area contributed by atoms with Crippen LogP contribution in [0.5, 0.6) is 0 Å². The van der Waals surface area contributed by atoms with E-state index in [1.165, 1.54) is 37.0 Å². The van der Waals surface area contributed by atoms with Gasteiger partial charge in [0.1, 0.15) is 6.10 Å². The molecule has 2 atom stereocenters. The van der Waals surface area contributed by atoms with E-state index in [-0.39, 0.29) is 23.7 Å². The first-order valence-corrected chi connectivity index (χ1v) is 14.0. The highest BCUT2D eigenvalue weighted by atomic mass is 32.1. The standard InChI is InChI=1S/C28H40N2O4S/c1-20-5-7-21(8-6-20)16-30(25-15-24(35-26(25)18-31)9-12-28(2,3)4)22-10-13-29(17-22)27(32)34-23-11-14-33-19-23/h15,18,20-23H,5-8,10-11,13-14,16-17,19H2,1-4H3. The lowest BCUT2D eigenvalue weighted by Gasteiger charge is -2.36. The minimum absolute atomic E-state index is 0.0966. The number of aldehydes is 1. The van der Waals surface area contributed by atoms with Crippen molar-refractivity contribution in [2.75, 3.05) is 37.7 Å². The minimum Gasteiger partial charge on any atom is -0.444 e. The van der Waals surface area contributed by atoms with Gasteiger partial charge in [0.15, 0.2) is 6.29 Å². The van der Waals surface area contributed by atoms with E-state index in [0.717, 1.165) is 47.0 Å². The molecule has 1 amide bonds. The lowest BCUT2D eigenvalue weighted by atomic mass is 9.82. The molecule has 2 saturated heterocycles. The number of nitrogens with zero attached hydrogens (tertiary/aromatic N) is 2. The van der Waals surface area contributed by atoms with Crippen LogP contribution in [-0.4, -0.2) is 62.3 Å². The van der Waals surface area contributed by atoms with Crippen molar-refractivity contribution in [3.05, 3.63) is 15.8 Å². The molecule has 35 heavy (non-hydrogen) atoms. The number of hydrogen-bond acceptors (Lipinski definition) is 6. The number of carbonyl (C=O) groups excluding carboxylic acids is 2. The number of likely N-dealkylation sites (tertiary alicyclic amines) is 1. The van der Waals surface area contributed by atoms with Crippen molar-refractivity contribution in [3.63, 3.8) is 0 Å². The summed E-state index contributed by atoms with van der Waals surface area (Å²) >= 11 is 1.48. The molecule has 192 valence electrons. The molecule has 0 aromatic carbocycles. The third-order valence-electron chi connectivity index (χ3n) is 7.33. The summed E-state index contributed by atoms with van der Waals surface area (Å²) < 4.78 is 11.0. The predicted octanol–water partition coefficient (Wildman–Crippen LogP) is 5.59. The van der Waals surface area contributed by atoms with Gasteiger partial charge in [-0.05, 0) is 57.9 Å². The molecule has 6 nitrogen and oxygen atoms in total. The van der Waals surface area contributed by atoms with Crippen LogP contribution in [0.3, 0.4) is 0 Å². The minimum atomic E-state index is -0.243. The zero-order chi connectivity index (χ0) is 25.0. The Labute approximate surface area is 214 Å². The van der Waals surface area contributed by atoms with Gasteiger partial charge in [-0.3, -0.25) is 4.79 Å². The number of carbonyl (C=O) groups is 2. The lowest BCUT2D eigenvalue weighted by molar-refractivity contribution is 0.0593. The molecule has 0 radical (unpaired) electrons. The molecule has 3 aliphatic rings. The number of hydrogen-bond donors (Lipinski definition) is 0. The van der Waals surface area contributed by atoms with E-state index >= 15 is 0 Å². The van der Waals surface area contributed by atoms with Crippen LogP contribution in [0.4, 0.5) is 10.5 Å². The van der Waals surface area contributed by atoms with Gasteiger partial charge in [0, 0.05) is 37.5 Å². The van der Waals surface area contributed by atoms with Gasteiger partial charge in [-0.25, -0.2) is 4.79 Å². The molecule has 3 fully saturated rings. The fourth-order valence-corrected chi connectivity index (χ4v) is 6.07. The van der Waals surface area contributed by atoms with Crippen molar-refractivity contribution in [2.24, 2.45) is 17.3 Å². The van der Waals surface area contributed by atoms with Crippen molar-refractivity contribution >= 4 is 29.4 Å². The van der Waals surface area contributed by atoms with Crippen molar-refractivity contribution in [1.82, 2.24) is 4.90 Å². The van der Waals surface area contributed by atoms with Gasteiger partial charge in [0.05, 0.1) is 28.7 Å². The van der Waals surface area contributed by atoms with Gasteiger partial charge in [-0.1, -0.05) is 31.6 Å². The number of rotatable bonds is 6. The van der Waals surface area contributed by atoms with Gasteiger partial charge in [-0.2, -0.15) is 0 Å². The molecular formula is C28H40N2O4S. The van der Waals surface area contributed by atoms with Crippen molar-refractivity contribution in [2.45, 2.75) is 78.4 Å². The molecule has 0 bridgehead atoms. The fraction of sp³-hybridized carbons (Fsp3) is 0.714. The topological polar surface area (TPSA) is 59.1 Å². The molecule has 4 rings (SSSR count). The molecule has 0 N–H and O–H groups in total. The molecule has 1 saturated carbocycles. The molecule has 2 aliphatic heterocycles. The Hall–Kier alpha value is -2.04. The van der Waals surface area contributed by atoms with Crippen LogP contribution in [-0.2, 0) is 9.47 Å². The maximum absolute atomic E-state index is 12.8. The molecule has 1 aromatic rings. The lowest BCUT2D eigenvalue weighted by Crippen LogP contribution is -2.43. The largest absolute Gasteiger partial charge is 0.444 e. The number of anilines is 1. The Morgan fingerprint density at radius 2 is 2.03 bits per heavy atom. The summed E-state index contributed by atoms with van der Waals surface area (Å²) in [5.74, 6) is 7.99. The van der Waals surface area contributed by atoms with E-state index in [1.54, 1.807) is 0 Å². The summed E-state index contributed by atoms with van der Waals surface area (Å²) in [6.07, 6.45) is 7.19. The summed E-state index contributed by atoms with van der Waals surface area (Å²) in [5, 5.41) is 0. The third-order valence-corrected chi connectivity index (χ3v) is 8.29. The molecule has 0 spiro atoms. The van der Waals surface area contributed by atoms with Crippen LogP contribution in [0.1, 0.15) is 80.8 Å². The van der Waals surface area contributed by atoms with Gasteiger partial charge >= 0.3 is 6.09 Å². The number of ether oxygens (including phenoxy) is 2. The summed E-state index contributed by atoms with van der Waals surface area (Å²) in [6, 6.07) is 2.26. The smallest absolute Gasteiger partial charge is 0.410 e. The van der Waals surface area contributed by atoms with Crippen molar-refractivity contribution in [1.29, 1.82) is 0 Å². The SMILES string of the molecule is CC1CCC(CN(c2cc(C#CC(C)(C)C)sc2C=O)C2CCN(C(=O)OC3CCOC3)C2)CC1. The average molecular weight is 501 g/mol. The average Bonchev–Trinajstić information content (AvgIpc) is 3.57. The van der Waals surface area contributed by atoms with Crippen molar-refractivity contribution in [3.8, 4) is 11.8 Å². The summed E-state index contributed by atoms with van der Waals surface area (Å²) in [6.45, 7) is 12.0. The summed E-state index contributed by atoms with van der Waals surface area (Å²) in [4.78, 5) is 30.8. The van der Waals surface area contributed by atoms with Crippen LogP contribution in [0.15, 0.2) is 6.07 Å². The molecule has 1 aromatic heterocycles. The quantitative estimate of drug-likeness (QED) is 0.376. The van der Waals surface area contributed by atoms with E-state index in [9.17, 15) is 9.59 Å². The maximum atomic E-state index is 12.8. The summed E-state index contributed by atoms with van der Waals surface area (Å²) in [7, 11) is 0. The second kappa shape index (κ2) is 11.3. The predicted molar refractivity (Wildman–Crippen MR) is 140 cm³/mol. The third kappa shape index (κ3) is 7.01. The monoisotopic (exact) mass is 500 g/mol. The van der Waals surface area contributed by atoms with Crippen LogP contribution >= 0.6 is 11.3 Å². The van der Waals surface area contributed by atoms with Crippen LogP contribution in [0, 0.1) is 29.1 Å². The van der Waals surface area contributed by atoms with Gasteiger partial charge in [0.25, 0.3) is 0 Å². The van der Waals surface area contributed by atoms with Gasteiger partial charge in [0.2, 0.25) is 0 Å². The molecular weight excluding hydrogens is 460 g/mol. The first kappa shape index (κ1) is 26.0. The van der Waals surface area contributed by atoms with E-state index in [0.29, 0.717) is 32.2 Å². The Morgan fingerprint density at radius 3 is 2.69 bits per heavy atom. The molecule has 2 unspecified atom stereocenters. The van der Waals surface area contributed by atoms with E-state index in [4.69, 9.17) is 9.47 Å². The summed E-state index contributed by atoms with van der Waals surface area (Å²) in [5.41, 5.74) is 0.881. The number of amides is 1. The van der Waals surface area contributed by atoms with Crippen LogP contribution in [0.2, 0.25) is 0 Å². The van der Waals surface area contributed by atoms with Crippen LogP contribution in [0.25, 0.3) is 0 Å². The second-order valence-corrected chi connectivity index (χ2v) is 12.6. The van der Waals surface area contributed by atoms with E-state index in [2.05, 4.69) is 50.5 Å². The zero-order valence-corrected chi connectivity index (χ0v) is 22.5. The highest BCUT2D eigenvalue weighted by Gasteiger charge is 2.35. The Bertz CT molecular complexity index is 942. The first-order chi connectivity index (χ1) is 16.7. The Kier molecular flexibility index (Phi) is 8.44. The Morgan fingerprint density at radius 1 is 1.26 bits per heavy atom. The van der Waals surface area contributed by atoms with Crippen LogP contribution < -0.4 is 4.90 Å². The van der Waals surface area contributed by atoms with Gasteiger partial charge in [-0.15, -0.1) is 11.3 Å². The Balaban J connectivity index is 1.53. The maximum Gasteiger partial charge on any atom is 0.410 e. The van der Waals surface area contributed by atoms with E-state index < -0.39 is 0 Å². The second-order valence-electron chi connectivity index (χ2n) is 11.5. The number of thiophene rings is 1. The van der Waals surface area contributed by atoms with E-state index in [1.807, 2.05) is 4.90 Å². The molecule has 7 heteroatoms. The zero-order valence-electron chi connectivity index (χ0n) is 21.7. The highest BCUT2D eigenvalue weighted by molar-refractivity contribution is 7.14. The highest BCUT2D eigenvalue weighted by Crippen LogP contribution is 2.36. The fourth-order valence-electron chi connectivity index (χ4n) is 5.23. The van der Waals surface area contributed by atoms with Crippen molar-refractivity contribution < 1.29 is 19.1 Å². The molecule has 1 aliphatic carbocycles. The molecule has 3 heterocycles. The normalized spacial score (nSPS) is 26.8. The first-order valence-electron chi connectivity index (χ1n) is 13.1. The van der Waals surface area contributed by atoms with Gasteiger partial charge < -0.3 is 19.3 Å².